The van der Waals surface area contributed by atoms with Crippen LogP contribution in [-0.2, 0) is 0 Å². The second-order valence-electron chi connectivity index (χ2n) is 20.1. The van der Waals surface area contributed by atoms with Crippen LogP contribution in [0.2, 0.25) is 0 Å². The fraction of sp³-hybridized carbons (Fsp3) is 1.00. The highest BCUT2D eigenvalue weighted by molar-refractivity contribution is 4.57. The summed E-state index contributed by atoms with van der Waals surface area (Å²) >= 11 is 0. The van der Waals surface area contributed by atoms with Gasteiger partial charge in [0.05, 0.1) is 26.2 Å². The van der Waals surface area contributed by atoms with Gasteiger partial charge >= 0.3 is 0 Å². The highest BCUT2D eigenvalue weighted by Gasteiger charge is 2.25. The molecule has 0 spiro atoms. The van der Waals surface area contributed by atoms with Gasteiger partial charge in [0, 0.05) is 0 Å². The summed E-state index contributed by atoms with van der Waals surface area (Å²) in [6.45, 7) is 15.3. The summed E-state index contributed by atoms with van der Waals surface area (Å²) in [6.07, 6.45) is 72.2. The van der Waals surface area contributed by atoms with E-state index in [1.165, 1.54) is 345 Å². The van der Waals surface area contributed by atoms with Crippen molar-refractivity contribution < 1.29 is 4.48 Å². The Kier molecular flexibility index (Phi) is 51.3. The molecule has 1 nitrogen and oxygen atoms in total. The third-order valence-corrected chi connectivity index (χ3v) is 14.2. The summed E-state index contributed by atoms with van der Waals surface area (Å²) in [7, 11) is 0. The maximum atomic E-state index is 2.34. The van der Waals surface area contributed by atoms with E-state index in [0.29, 0.717) is 0 Å². The highest BCUT2D eigenvalue weighted by atomic mass is 15.3. The quantitative estimate of drug-likeness (QED) is 0.0424. The van der Waals surface area contributed by atoms with E-state index in [9.17, 15) is 0 Å². The highest BCUT2D eigenvalue weighted by Crippen LogP contribution is 2.22. The molecule has 0 aromatic carbocycles. The summed E-state index contributed by atoms with van der Waals surface area (Å²) in [6, 6.07) is 0. The van der Waals surface area contributed by atoms with Crippen LogP contribution in [0.3, 0.4) is 0 Å². The second kappa shape index (κ2) is 51.3. The number of rotatable bonds is 53. The lowest BCUT2D eigenvalue weighted by molar-refractivity contribution is -0.929. The molecule has 0 radical (unpaired) electrons. The van der Waals surface area contributed by atoms with Gasteiger partial charge in [0.1, 0.15) is 0 Å². The van der Waals surface area contributed by atoms with Crippen LogP contribution in [0, 0.1) is 0 Å². The van der Waals surface area contributed by atoms with E-state index in [-0.39, 0.29) is 0 Å². The van der Waals surface area contributed by atoms with Crippen molar-refractivity contribution in [2.24, 2.45) is 0 Å². The summed E-state index contributed by atoms with van der Waals surface area (Å²) in [5, 5.41) is 0. The van der Waals surface area contributed by atoms with Gasteiger partial charge in [-0.15, -0.1) is 0 Å². The first-order chi connectivity index (χ1) is 28.7. The number of hydrogen-bond donors (Lipinski definition) is 0. The normalized spacial score (nSPS) is 12.0. The zero-order chi connectivity index (χ0) is 42.0. The van der Waals surface area contributed by atoms with E-state index < -0.39 is 0 Å². The molecule has 58 heavy (non-hydrogen) atoms. The van der Waals surface area contributed by atoms with E-state index in [1.54, 1.807) is 0 Å². The molecule has 0 rings (SSSR count). The minimum atomic E-state index is 1.37. The fourth-order valence-electron chi connectivity index (χ4n) is 10.0. The van der Waals surface area contributed by atoms with Gasteiger partial charge in [-0.1, -0.05) is 291 Å². The summed E-state index contributed by atoms with van der Waals surface area (Å²) in [5.74, 6) is 0. The van der Waals surface area contributed by atoms with Crippen LogP contribution in [0.25, 0.3) is 0 Å². The SMILES string of the molecule is CCCCCCCCCCCCCCCCCC[N+](CCCCCCCCCCCCC)(CCCCCCCCCCCCC)CCCCCCCCCCCCC. The molecular weight excluding hydrogens is 699 g/mol. The number of nitrogens with zero attached hydrogens (tertiary/aromatic N) is 1. The molecule has 0 aliphatic carbocycles. The topological polar surface area (TPSA) is 0 Å². The minimum absolute atomic E-state index is 1.37. The molecule has 0 fully saturated rings. The molecule has 0 aromatic rings. The summed E-state index contributed by atoms with van der Waals surface area (Å²) in [5.41, 5.74) is 0. The molecule has 0 aliphatic rings. The van der Waals surface area contributed by atoms with Gasteiger partial charge in [0.2, 0.25) is 0 Å². The third kappa shape index (κ3) is 45.5. The largest absolute Gasteiger partial charge is 0.324 e. The van der Waals surface area contributed by atoms with Crippen LogP contribution in [0.5, 0.6) is 0 Å². The zero-order valence-corrected chi connectivity index (χ0v) is 41.9. The Balaban J connectivity index is 4.85. The number of unbranched alkanes of at least 4 members (excludes halogenated alkanes) is 45. The van der Waals surface area contributed by atoms with Crippen molar-refractivity contribution in [3.8, 4) is 0 Å². The standard InChI is InChI=1S/C57H118N/c1-5-9-13-17-21-25-29-30-31-32-33-37-41-45-49-53-57-58(54-50-46-42-38-34-26-22-18-14-10-6-2,55-51-47-43-39-35-27-23-19-15-11-7-3)56-52-48-44-40-36-28-24-20-16-12-8-4/h5-57H2,1-4H3/q+1. The number of hydrogen-bond acceptors (Lipinski definition) is 0. The lowest BCUT2D eigenvalue weighted by Crippen LogP contribution is -2.50. The molecule has 0 amide bonds. The maximum absolute atomic E-state index is 2.34. The van der Waals surface area contributed by atoms with Gasteiger partial charge in [-0.3, -0.25) is 0 Å². The molecule has 0 aromatic heterocycles. The molecular formula is C57H118N+. The zero-order valence-electron chi connectivity index (χ0n) is 41.9. The molecule has 1 heteroatoms. The first kappa shape index (κ1) is 58.0. The van der Waals surface area contributed by atoms with E-state index in [1.807, 2.05) is 0 Å². The van der Waals surface area contributed by atoms with Gasteiger partial charge in [0.25, 0.3) is 0 Å². The first-order valence-corrected chi connectivity index (χ1v) is 28.6. The summed E-state index contributed by atoms with van der Waals surface area (Å²) in [4.78, 5) is 0. The molecule has 0 saturated heterocycles. The van der Waals surface area contributed by atoms with E-state index in [4.69, 9.17) is 0 Å². The van der Waals surface area contributed by atoms with Crippen molar-refractivity contribution in [3.63, 3.8) is 0 Å². The van der Waals surface area contributed by atoms with Crippen molar-refractivity contribution in [2.75, 3.05) is 26.2 Å². The van der Waals surface area contributed by atoms with Crippen LogP contribution >= 0.6 is 0 Å². The lowest BCUT2D eigenvalue weighted by Gasteiger charge is -2.40. The Morgan fingerprint density at radius 1 is 0.138 bits per heavy atom. The Labute approximate surface area is 371 Å². The molecule has 0 unspecified atom stereocenters. The molecule has 0 heterocycles. The number of quaternary nitrogens is 1. The fourth-order valence-corrected chi connectivity index (χ4v) is 10.0. The van der Waals surface area contributed by atoms with Crippen LogP contribution in [0.1, 0.15) is 342 Å². The van der Waals surface area contributed by atoms with Gasteiger partial charge < -0.3 is 4.48 Å². The van der Waals surface area contributed by atoms with Crippen molar-refractivity contribution in [1.29, 1.82) is 0 Å². The van der Waals surface area contributed by atoms with E-state index in [0.717, 1.165) is 0 Å². The van der Waals surface area contributed by atoms with Gasteiger partial charge in [-0.05, 0) is 51.4 Å². The molecule has 0 saturated carbocycles. The Bertz CT molecular complexity index is 635. The van der Waals surface area contributed by atoms with Gasteiger partial charge in [-0.25, -0.2) is 0 Å². The van der Waals surface area contributed by atoms with Crippen molar-refractivity contribution in [2.45, 2.75) is 342 Å². The second-order valence-corrected chi connectivity index (χ2v) is 20.1. The summed E-state index contributed by atoms with van der Waals surface area (Å²) < 4.78 is 1.49. The average molecular weight is 818 g/mol. The van der Waals surface area contributed by atoms with Gasteiger partial charge in [0.15, 0.2) is 0 Å². The molecule has 0 atom stereocenters. The first-order valence-electron chi connectivity index (χ1n) is 28.6. The van der Waals surface area contributed by atoms with Crippen molar-refractivity contribution >= 4 is 0 Å². The monoisotopic (exact) mass is 817 g/mol. The van der Waals surface area contributed by atoms with Crippen molar-refractivity contribution in [1.82, 2.24) is 0 Å². The molecule has 0 aliphatic heterocycles. The van der Waals surface area contributed by atoms with Crippen LogP contribution < -0.4 is 0 Å². The van der Waals surface area contributed by atoms with Crippen LogP contribution in [0.15, 0.2) is 0 Å². The third-order valence-electron chi connectivity index (χ3n) is 14.2. The Hall–Kier alpha value is -0.0400. The lowest BCUT2D eigenvalue weighted by atomic mass is 10.0. The Morgan fingerprint density at radius 3 is 0.362 bits per heavy atom. The predicted octanol–water partition coefficient (Wildman–Crippen LogP) is 21.0. The molecule has 0 bridgehead atoms. The predicted molar refractivity (Wildman–Crippen MR) is 269 cm³/mol. The van der Waals surface area contributed by atoms with Crippen LogP contribution in [-0.4, -0.2) is 30.7 Å². The van der Waals surface area contributed by atoms with Crippen molar-refractivity contribution in [3.05, 3.63) is 0 Å². The smallest absolute Gasteiger partial charge is 0.0786 e. The van der Waals surface area contributed by atoms with E-state index in [2.05, 4.69) is 27.7 Å². The van der Waals surface area contributed by atoms with Gasteiger partial charge in [-0.2, -0.15) is 0 Å². The maximum Gasteiger partial charge on any atom is 0.0786 e. The molecule has 0 N–H and O–H groups in total. The van der Waals surface area contributed by atoms with E-state index >= 15 is 0 Å². The Morgan fingerprint density at radius 2 is 0.241 bits per heavy atom. The van der Waals surface area contributed by atoms with Crippen LogP contribution in [0.4, 0.5) is 0 Å². The average Bonchev–Trinajstić information content (AvgIpc) is 3.23. The minimum Gasteiger partial charge on any atom is -0.324 e. The molecule has 350 valence electrons.